The van der Waals surface area contributed by atoms with Crippen LogP contribution in [0.3, 0.4) is 0 Å². The molecule has 7 nitrogen and oxygen atoms in total. The van der Waals surface area contributed by atoms with E-state index in [1.807, 2.05) is 24.3 Å². The van der Waals surface area contributed by atoms with E-state index >= 15 is 0 Å². The van der Waals surface area contributed by atoms with Gasteiger partial charge >= 0.3 is 11.9 Å². The van der Waals surface area contributed by atoms with Gasteiger partial charge in [0.25, 0.3) is 0 Å². The van der Waals surface area contributed by atoms with E-state index in [0.717, 1.165) is 50.0 Å². The fraction of sp³-hybridized carbons (Fsp3) is 0.371. The van der Waals surface area contributed by atoms with Crippen molar-refractivity contribution in [2.45, 2.75) is 64.9 Å². The minimum absolute atomic E-state index is 0.388. The van der Waals surface area contributed by atoms with Gasteiger partial charge in [-0.15, -0.1) is 0 Å². The van der Waals surface area contributed by atoms with Crippen molar-refractivity contribution in [2.24, 2.45) is 0 Å². The van der Waals surface area contributed by atoms with E-state index in [4.69, 9.17) is 23.7 Å². The average Bonchev–Trinajstić information content (AvgIpc) is 3.02. The van der Waals surface area contributed by atoms with Crippen molar-refractivity contribution in [1.29, 1.82) is 0 Å². The fourth-order valence-electron chi connectivity index (χ4n) is 4.00. The van der Waals surface area contributed by atoms with Crippen LogP contribution in [-0.4, -0.2) is 31.8 Å². The van der Waals surface area contributed by atoms with E-state index in [1.54, 1.807) is 48.5 Å². The third kappa shape index (κ3) is 12.5. The van der Waals surface area contributed by atoms with Gasteiger partial charge in [0, 0.05) is 6.08 Å². The standard InChI is InChI=1S/C35H42O7/c1-3-5-6-9-24-38-30-16-12-28(13-17-30)27-41-32-20-22-33(23-21-32)42-35(37)29-14-18-31(19-15-29)39-25-10-7-8-11-26-40-34(36)4-2/h4,12-23H,2-3,5-11,24-27H2,1H3. The Balaban J connectivity index is 1.32. The van der Waals surface area contributed by atoms with Crippen LogP contribution in [0.4, 0.5) is 0 Å². The van der Waals surface area contributed by atoms with Crippen LogP contribution >= 0.6 is 0 Å². The third-order valence-electron chi connectivity index (χ3n) is 6.44. The molecule has 3 rings (SSSR count). The van der Waals surface area contributed by atoms with Crippen LogP contribution in [0.2, 0.25) is 0 Å². The van der Waals surface area contributed by atoms with Crippen molar-refractivity contribution in [2.75, 3.05) is 19.8 Å². The lowest BCUT2D eigenvalue weighted by atomic mass is 10.2. The molecule has 0 saturated carbocycles. The van der Waals surface area contributed by atoms with E-state index in [9.17, 15) is 9.59 Å². The Morgan fingerprint density at radius 3 is 1.71 bits per heavy atom. The molecule has 0 amide bonds. The Morgan fingerprint density at radius 1 is 0.619 bits per heavy atom. The summed E-state index contributed by atoms with van der Waals surface area (Å²) in [4.78, 5) is 23.6. The number of rotatable bonds is 20. The van der Waals surface area contributed by atoms with Gasteiger partial charge in [-0.3, -0.25) is 0 Å². The van der Waals surface area contributed by atoms with Gasteiger partial charge in [0.05, 0.1) is 25.4 Å². The molecular formula is C35H42O7. The second-order valence-electron chi connectivity index (χ2n) is 9.86. The average molecular weight is 575 g/mol. The first-order valence-electron chi connectivity index (χ1n) is 14.8. The summed E-state index contributed by atoms with van der Waals surface area (Å²) in [5.74, 6) is 1.85. The maximum Gasteiger partial charge on any atom is 0.343 e. The van der Waals surface area contributed by atoms with Gasteiger partial charge in [0.1, 0.15) is 29.6 Å². The number of carbonyl (C=O) groups excluding carboxylic acids is 2. The van der Waals surface area contributed by atoms with Gasteiger partial charge < -0.3 is 23.7 Å². The highest BCUT2D eigenvalue weighted by Crippen LogP contribution is 2.21. The summed E-state index contributed by atoms with van der Waals surface area (Å²) >= 11 is 0. The number of carbonyl (C=O) groups is 2. The van der Waals surface area contributed by atoms with Gasteiger partial charge in [-0.1, -0.05) is 44.9 Å². The molecule has 0 radical (unpaired) electrons. The van der Waals surface area contributed by atoms with Gasteiger partial charge in [0.2, 0.25) is 0 Å². The van der Waals surface area contributed by atoms with E-state index < -0.39 is 5.97 Å². The minimum Gasteiger partial charge on any atom is -0.494 e. The molecule has 7 heteroatoms. The van der Waals surface area contributed by atoms with E-state index in [-0.39, 0.29) is 5.97 Å². The monoisotopic (exact) mass is 574 g/mol. The normalized spacial score (nSPS) is 10.5. The molecule has 0 aromatic heterocycles. The largest absolute Gasteiger partial charge is 0.494 e. The van der Waals surface area contributed by atoms with E-state index in [2.05, 4.69) is 13.5 Å². The maximum atomic E-state index is 12.6. The minimum atomic E-state index is -0.444. The Hall–Kier alpha value is -4.26. The van der Waals surface area contributed by atoms with Crippen LogP contribution in [0.5, 0.6) is 23.0 Å². The number of esters is 2. The quantitative estimate of drug-likeness (QED) is 0.0583. The van der Waals surface area contributed by atoms with Gasteiger partial charge in [-0.25, -0.2) is 9.59 Å². The molecule has 0 N–H and O–H groups in total. The Morgan fingerprint density at radius 2 is 1.12 bits per heavy atom. The lowest BCUT2D eigenvalue weighted by molar-refractivity contribution is -0.137. The molecule has 0 spiro atoms. The molecule has 0 saturated heterocycles. The highest BCUT2D eigenvalue weighted by Gasteiger charge is 2.09. The summed E-state index contributed by atoms with van der Waals surface area (Å²) in [6.45, 7) is 7.72. The predicted molar refractivity (Wildman–Crippen MR) is 163 cm³/mol. The first kappa shape index (κ1) is 32.3. The zero-order chi connectivity index (χ0) is 29.8. The molecule has 0 aliphatic heterocycles. The Bertz CT molecular complexity index is 1200. The smallest absolute Gasteiger partial charge is 0.343 e. The molecule has 3 aromatic rings. The number of benzene rings is 3. The van der Waals surface area contributed by atoms with Crippen molar-refractivity contribution < 1.29 is 33.3 Å². The summed E-state index contributed by atoms with van der Waals surface area (Å²) in [6, 6.07) is 21.8. The van der Waals surface area contributed by atoms with Crippen molar-refractivity contribution in [3.63, 3.8) is 0 Å². The number of unbranched alkanes of at least 4 members (excludes halogenated alkanes) is 6. The number of ether oxygens (including phenoxy) is 5. The molecule has 3 aromatic carbocycles. The van der Waals surface area contributed by atoms with Gasteiger partial charge in [-0.2, -0.15) is 0 Å². The SMILES string of the molecule is C=CC(=O)OCCCCCCOc1ccc(C(=O)Oc2ccc(OCc3ccc(OCCCCCC)cc3)cc2)cc1. The first-order valence-corrected chi connectivity index (χ1v) is 14.8. The molecule has 0 bridgehead atoms. The first-order chi connectivity index (χ1) is 20.6. The second kappa shape index (κ2) is 19.0. The van der Waals surface area contributed by atoms with Gasteiger partial charge in [-0.05, 0) is 98.3 Å². The number of hydrogen-bond donors (Lipinski definition) is 0. The van der Waals surface area contributed by atoms with Crippen LogP contribution in [-0.2, 0) is 16.1 Å². The molecule has 0 aliphatic rings. The summed E-state index contributed by atoms with van der Waals surface area (Å²) < 4.78 is 27.9. The van der Waals surface area contributed by atoms with Gasteiger partial charge in [0.15, 0.2) is 0 Å². The molecule has 0 aliphatic carbocycles. The highest BCUT2D eigenvalue weighted by molar-refractivity contribution is 5.91. The van der Waals surface area contributed by atoms with Crippen LogP contribution < -0.4 is 18.9 Å². The maximum absolute atomic E-state index is 12.6. The number of hydrogen-bond acceptors (Lipinski definition) is 7. The molecule has 0 atom stereocenters. The zero-order valence-corrected chi connectivity index (χ0v) is 24.6. The summed E-state index contributed by atoms with van der Waals surface area (Å²) in [5.41, 5.74) is 1.48. The molecule has 42 heavy (non-hydrogen) atoms. The molecule has 0 unspecified atom stereocenters. The molecular weight excluding hydrogens is 532 g/mol. The van der Waals surface area contributed by atoms with Crippen molar-refractivity contribution in [3.05, 3.63) is 96.6 Å². The van der Waals surface area contributed by atoms with E-state index in [0.29, 0.717) is 42.6 Å². The highest BCUT2D eigenvalue weighted by atomic mass is 16.5. The van der Waals surface area contributed by atoms with Crippen LogP contribution in [0, 0.1) is 0 Å². The lowest BCUT2D eigenvalue weighted by Gasteiger charge is -2.10. The van der Waals surface area contributed by atoms with E-state index in [1.165, 1.54) is 25.3 Å². The predicted octanol–water partition coefficient (Wildman–Crippen LogP) is 8.11. The third-order valence-corrected chi connectivity index (χ3v) is 6.44. The Labute approximate surface area is 249 Å². The molecule has 224 valence electrons. The Kier molecular flexibility index (Phi) is 14.6. The summed E-state index contributed by atoms with van der Waals surface area (Å²) in [6.07, 6.45) is 9.54. The second-order valence-corrected chi connectivity index (χ2v) is 9.86. The van der Waals surface area contributed by atoms with Crippen molar-refractivity contribution >= 4 is 11.9 Å². The molecule has 0 fully saturated rings. The van der Waals surface area contributed by atoms with Crippen LogP contribution in [0.15, 0.2) is 85.5 Å². The van der Waals surface area contributed by atoms with Crippen LogP contribution in [0.25, 0.3) is 0 Å². The zero-order valence-electron chi connectivity index (χ0n) is 24.6. The molecule has 0 heterocycles. The van der Waals surface area contributed by atoms with Crippen molar-refractivity contribution in [1.82, 2.24) is 0 Å². The lowest BCUT2D eigenvalue weighted by Crippen LogP contribution is -2.08. The van der Waals surface area contributed by atoms with Crippen LogP contribution in [0.1, 0.15) is 74.2 Å². The summed E-state index contributed by atoms with van der Waals surface area (Å²) in [5, 5.41) is 0. The van der Waals surface area contributed by atoms with Crippen molar-refractivity contribution in [3.8, 4) is 23.0 Å². The topological polar surface area (TPSA) is 80.3 Å². The summed E-state index contributed by atoms with van der Waals surface area (Å²) in [7, 11) is 0. The fourth-order valence-corrected chi connectivity index (χ4v) is 4.00.